The molecule has 1 heterocycles. The van der Waals surface area contributed by atoms with Crippen LogP contribution in [0.2, 0.25) is 0 Å². The fourth-order valence-corrected chi connectivity index (χ4v) is 1.36. The van der Waals surface area contributed by atoms with Crippen molar-refractivity contribution >= 4 is 5.91 Å². The molecule has 1 atom stereocenters. The number of hydrogen-bond donors (Lipinski definition) is 2. The molecule has 1 rings (SSSR count). The topological polar surface area (TPSA) is 59.0 Å². The van der Waals surface area contributed by atoms with Crippen LogP contribution in [0, 0.1) is 5.92 Å². The lowest BCUT2D eigenvalue weighted by Gasteiger charge is -2.15. The quantitative estimate of drug-likeness (QED) is 0.766. The fraction of sp³-hybridized carbons (Fsp3) is 0.667. The van der Waals surface area contributed by atoms with Crippen LogP contribution in [0.25, 0.3) is 0 Å². The van der Waals surface area contributed by atoms with Crippen molar-refractivity contribution in [3.8, 4) is 0 Å². The Kier molecular flexibility index (Phi) is 5.15. The smallest absolute Gasteiger partial charge is 0.236 e. The van der Waals surface area contributed by atoms with Gasteiger partial charge in [0.1, 0.15) is 5.82 Å². The average Bonchev–Trinajstić information content (AvgIpc) is 2.68. The highest BCUT2D eigenvalue weighted by Crippen LogP contribution is 1.95. The zero-order chi connectivity index (χ0) is 12.8. The Balaban J connectivity index is 2.31. The summed E-state index contributed by atoms with van der Waals surface area (Å²) in [6.07, 6.45) is 3.64. The molecule has 0 aliphatic rings. The number of aryl methyl sites for hydroxylation is 1. The van der Waals surface area contributed by atoms with Crippen LogP contribution in [0.15, 0.2) is 12.4 Å². The van der Waals surface area contributed by atoms with Gasteiger partial charge in [-0.25, -0.2) is 4.98 Å². The summed E-state index contributed by atoms with van der Waals surface area (Å²) in [5.74, 6) is 1.43. The minimum atomic E-state index is -0.203. The average molecular weight is 238 g/mol. The molecule has 1 amide bonds. The third-order valence-electron chi connectivity index (χ3n) is 2.57. The summed E-state index contributed by atoms with van der Waals surface area (Å²) in [6.45, 7) is 7.32. The van der Waals surface area contributed by atoms with Crippen LogP contribution < -0.4 is 10.6 Å². The number of rotatable bonds is 6. The van der Waals surface area contributed by atoms with E-state index in [1.165, 1.54) is 0 Å². The molecule has 0 saturated heterocycles. The molecule has 1 unspecified atom stereocenters. The third kappa shape index (κ3) is 4.56. The predicted molar refractivity (Wildman–Crippen MR) is 67.4 cm³/mol. The standard InChI is InChI=1S/C12H22N4O/c1-9(2)7-15-12(17)10(3)14-8-11-13-5-6-16(11)4/h5-6,9-10,14H,7-8H2,1-4H3,(H,15,17). The molecule has 17 heavy (non-hydrogen) atoms. The summed E-state index contributed by atoms with van der Waals surface area (Å²) in [5.41, 5.74) is 0. The summed E-state index contributed by atoms with van der Waals surface area (Å²) >= 11 is 0. The number of nitrogens with one attached hydrogen (secondary N) is 2. The number of nitrogens with zero attached hydrogens (tertiary/aromatic N) is 2. The second-order valence-electron chi connectivity index (χ2n) is 4.70. The van der Waals surface area contributed by atoms with Crippen LogP contribution in [0.4, 0.5) is 0 Å². The van der Waals surface area contributed by atoms with Gasteiger partial charge < -0.3 is 9.88 Å². The van der Waals surface area contributed by atoms with E-state index < -0.39 is 0 Å². The Morgan fingerprint density at radius 2 is 2.18 bits per heavy atom. The Bertz CT molecular complexity index is 359. The first-order chi connectivity index (χ1) is 8.00. The normalized spacial score (nSPS) is 12.8. The van der Waals surface area contributed by atoms with Crippen LogP contribution >= 0.6 is 0 Å². The maximum absolute atomic E-state index is 11.7. The van der Waals surface area contributed by atoms with E-state index >= 15 is 0 Å². The lowest BCUT2D eigenvalue weighted by Crippen LogP contribution is -2.43. The lowest BCUT2D eigenvalue weighted by molar-refractivity contribution is -0.122. The van der Waals surface area contributed by atoms with Gasteiger partial charge in [0.25, 0.3) is 0 Å². The first-order valence-electron chi connectivity index (χ1n) is 5.98. The monoisotopic (exact) mass is 238 g/mol. The molecule has 0 aromatic carbocycles. The molecule has 0 bridgehead atoms. The van der Waals surface area contributed by atoms with Crippen LogP contribution in [0.5, 0.6) is 0 Å². The second-order valence-corrected chi connectivity index (χ2v) is 4.70. The van der Waals surface area contributed by atoms with Crippen molar-refractivity contribution in [3.63, 3.8) is 0 Å². The Morgan fingerprint density at radius 3 is 2.71 bits per heavy atom. The van der Waals surface area contributed by atoms with Crippen molar-refractivity contribution in [2.45, 2.75) is 33.4 Å². The highest BCUT2D eigenvalue weighted by Gasteiger charge is 2.12. The van der Waals surface area contributed by atoms with Gasteiger partial charge in [0.2, 0.25) is 5.91 Å². The summed E-state index contributed by atoms with van der Waals surface area (Å²) < 4.78 is 1.94. The Morgan fingerprint density at radius 1 is 1.47 bits per heavy atom. The first kappa shape index (κ1) is 13.7. The first-order valence-corrected chi connectivity index (χ1v) is 5.98. The molecule has 0 saturated carbocycles. The zero-order valence-corrected chi connectivity index (χ0v) is 11.0. The van der Waals surface area contributed by atoms with Crippen LogP contribution in [0.1, 0.15) is 26.6 Å². The molecule has 1 aromatic heterocycles. The van der Waals surface area contributed by atoms with E-state index in [4.69, 9.17) is 0 Å². The minimum absolute atomic E-state index is 0.0351. The molecule has 5 heteroatoms. The van der Waals surface area contributed by atoms with Gasteiger partial charge in [-0.3, -0.25) is 10.1 Å². The van der Waals surface area contributed by atoms with E-state index in [1.807, 2.05) is 24.7 Å². The van der Waals surface area contributed by atoms with Crippen molar-refractivity contribution in [3.05, 3.63) is 18.2 Å². The van der Waals surface area contributed by atoms with Gasteiger partial charge in [0, 0.05) is 26.0 Å². The second kappa shape index (κ2) is 6.39. The summed E-state index contributed by atoms with van der Waals surface area (Å²) in [7, 11) is 1.94. The lowest BCUT2D eigenvalue weighted by atomic mass is 10.2. The Hall–Kier alpha value is -1.36. The fourth-order valence-electron chi connectivity index (χ4n) is 1.36. The molecular weight excluding hydrogens is 216 g/mol. The van der Waals surface area contributed by atoms with Gasteiger partial charge in [0.05, 0.1) is 12.6 Å². The van der Waals surface area contributed by atoms with Crippen molar-refractivity contribution in [2.24, 2.45) is 13.0 Å². The van der Waals surface area contributed by atoms with Crippen LogP contribution in [-0.2, 0) is 18.4 Å². The molecular formula is C12H22N4O. The van der Waals surface area contributed by atoms with Gasteiger partial charge in [-0.2, -0.15) is 0 Å². The molecule has 1 aromatic rings. The van der Waals surface area contributed by atoms with Gasteiger partial charge in [0.15, 0.2) is 0 Å². The predicted octanol–water partition coefficient (Wildman–Crippen LogP) is 0.670. The summed E-state index contributed by atoms with van der Waals surface area (Å²) in [6, 6.07) is -0.203. The molecule has 0 radical (unpaired) electrons. The van der Waals surface area contributed by atoms with Crippen molar-refractivity contribution < 1.29 is 4.79 Å². The molecule has 0 aliphatic carbocycles. The third-order valence-corrected chi connectivity index (χ3v) is 2.57. The van der Waals surface area contributed by atoms with E-state index in [0.717, 1.165) is 5.82 Å². The molecule has 0 aliphatic heterocycles. The number of aromatic nitrogens is 2. The number of hydrogen-bond acceptors (Lipinski definition) is 3. The van der Waals surface area contributed by atoms with Gasteiger partial charge in [-0.15, -0.1) is 0 Å². The molecule has 0 spiro atoms. The Labute approximate surface area is 103 Å². The molecule has 5 nitrogen and oxygen atoms in total. The van der Waals surface area contributed by atoms with Gasteiger partial charge in [-0.1, -0.05) is 13.8 Å². The maximum Gasteiger partial charge on any atom is 0.236 e. The van der Waals surface area contributed by atoms with Crippen molar-refractivity contribution in [2.75, 3.05) is 6.54 Å². The number of amides is 1. The molecule has 96 valence electrons. The highest BCUT2D eigenvalue weighted by molar-refractivity contribution is 5.81. The zero-order valence-electron chi connectivity index (χ0n) is 11.0. The number of imidazole rings is 1. The van der Waals surface area contributed by atoms with Gasteiger partial charge in [-0.05, 0) is 12.8 Å². The van der Waals surface area contributed by atoms with Crippen LogP contribution in [-0.4, -0.2) is 28.0 Å². The summed E-state index contributed by atoms with van der Waals surface area (Å²) in [5, 5.41) is 6.05. The van der Waals surface area contributed by atoms with Crippen molar-refractivity contribution in [1.82, 2.24) is 20.2 Å². The SMILES string of the molecule is CC(C)CNC(=O)C(C)NCc1nccn1C. The molecule has 0 fully saturated rings. The van der Waals surface area contributed by atoms with Crippen molar-refractivity contribution in [1.29, 1.82) is 0 Å². The number of carbonyl (C=O) groups excluding carboxylic acids is 1. The number of carbonyl (C=O) groups is 1. The van der Waals surface area contributed by atoms with Crippen LogP contribution in [0.3, 0.4) is 0 Å². The van der Waals surface area contributed by atoms with Gasteiger partial charge >= 0.3 is 0 Å². The largest absolute Gasteiger partial charge is 0.354 e. The van der Waals surface area contributed by atoms with E-state index in [9.17, 15) is 4.79 Å². The minimum Gasteiger partial charge on any atom is -0.354 e. The summed E-state index contributed by atoms with van der Waals surface area (Å²) in [4.78, 5) is 15.9. The molecule has 2 N–H and O–H groups in total. The van der Waals surface area contributed by atoms with E-state index in [-0.39, 0.29) is 11.9 Å². The van der Waals surface area contributed by atoms with E-state index in [2.05, 4.69) is 29.5 Å². The van der Waals surface area contributed by atoms with E-state index in [0.29, 0.717) is 19.0 Å². The highest BCUT2D eigenvalue weighted by atomic mass is 16.2. The maximum atomic E-state index is 11.7. The van der Waals surface area contributed by atoms with E-state index in [1.54, 1.807) is 6.20 Å².